The Morgan fingerprint density at radius 1 is 1.00 bits per heavy atom. The number of benzene rings is 2. The van der Waals surface area contributed by atoms with E-state index in [1.807, 2.05) is 30.3 Å². The molecule has 0 radical (unpaired) electrons. The second-order valence-electron chi connectivity index (χ2n) is 4.15. The molecule has 4 heteroatoms. The number of aliphatic hydroxyl groups excluding tert-OH is 1. The maximum Gasteiger partial charge on any atom is 0.319 e. The topological polar surface area (TPSA) is 61.4 Å². The molecule has 0 saturated heterocycles. The molecule has 0 aliphatic heterocycles. The number of amides is 2. The number of hydrogen-bond acceptors (Lipinski definition) is 2. The van der Waals surface area contributed by atoms with Gasteiger partial charge in [-0.25, -0.2) is 4.79 Å². The second kappa shape index (κ2) is 6.56. The first kappa shape index (κ1) is 13.1. The molecule has 3 N–H and O–H groups in total. The number of aliphatic hydroxyl groups is 1. The molecular weight excluding hydrogens is 240 g/mol. The molecule has 19 heavy (non-hydrogen) atoms. The third-order valence-corrected chi connectivity index (χ3v) is 2.66. The molecule has 0 saturated carbocycles. The first-order valence-electron chi connectivity index (χ1n) is 6.06. The largest absolute Gasteiger partial charge is 0.392 e. The molecular formula is C15H16N2O2. The average Bonchev–Trinajstić information content (AvgIpc) is 2.46. The van der Waals surface area contributed by atoms with Crippen LogP contribution in [0.25, 0.3) is 0 Å². The lowest BCUT2D eigenvalue weighted by Gasteiger charge is -2.08. The number of carbonyl (C=O) groups is 1. The predicted molar refractivity (Wildman–Crippen MR) is 74.7 cm³/mol. The highest BCUT2D eigenvalue weighted by atomic mass is 16.3. The molecule has 0 fully saturated rings. The van der Waals surface area contributed by atoms with E-state index in [4.69, 9.17) is 5.11 Å². The number of rotatable bonds is 4. The van der Waals surface area contributed by atoms with Gasteiger partial charge in [-0.15, -0.1) is 0 Å². The van der Waals surface area contributed by atoms with Crippen LogP contribution >= 0.6 is 0 Å². The first-order chi connectivity index (χ1) is 9.28. The van der Waals surface area contributed by atoms with Crippen molar-refractivity contribution < 1.29 is 9.90 Å². The summed E-state index contributed by atoms with van der Waals surface area (Å²) < 4.78 is 0. The molecule has 2 rings (SSSR count). The van der Waals surface area contributed by atoms with Gasteiger partial charge in [0.25, 0.3) is 0 Å². The molecule has 2 aromatic carbocycles. The van der Waals surface area contributed by atoms with E-state index >= 15 is 0 Å². The lowest BCUT2D eigenvalue weighted by atomic mass is 10.2. The van der Waals surface area contributed by atoms with E-state index in [0.29, 0.717) is 12.2 Å². The second-order valence-corrected chi connectivity index (χ2v) is 4.15. The Morgan fingerprint density at radius 2 is 1.74 bits per heavy atom. The van der Waals surface area contributed by atoms with Gasteiger partial charge in [0.1, 0.15) is 0 Å². The van der Waals surface area contributed by atoms with Crippen LogP contribution in [0.5, 0.6) is 0 Å². The molecule has 2 amide bonds. The number of hydrogen-bond donors (Lipinski definition) is 3. The van der Waals surface area contributed by atoms with Gasteiger partial charge in [-0.2, -0.15) is 0 Å². The minimum Gasteiger partial charge on any atom is -0.392 e. The maximum atomic E-state index is 11.7. The Labute approximate surface area is 112 Å². The van der Waals surface area contributed by atoms with Crippen molar-refractivity contribution in [3.8, 4) is 0 Å². The van der Waals surface area contributed by atoms with Crippen molar-refractivity contribution in [1.82, 2.24) is 5.32 Å². The summed E-state index contributed by atoms with van der Waals surface area (Å²) in [7, 11) is 0. The van der Waals surface area contributed by atoms with Gasteiger partial charge in [0.15, 0.2) is 0 Å². The summed E-state index contributed by atoms with van der Waals surface area (Å²) in [6.07, 6.45) is 0. The lowest BCUT2D eigenvalue weighted by Crippen LogP contribution is -2.28. The standard InChI is InChI=1S/C15H16N2O2/c18-11-13-7-4-8-14(9-13)17-15(19)16-10-12-5-2-1-3-6-12/h1-9,18H,10-11H2,(H2,16,17,19). The van der Waals surface area contributed by atoms with Gasteiger partial charge in [0.2, 0.25) is 0 Å². The van der Waals surface area contributed by atoms with E-state index in [2.05, 4.69) is 10.6 Å². The van der Waals surface area contributed by atoms with Crippen LogP contribution in [0, 0.1) is 0 Å². The van der Waals surface area contributed by atoms with E-state index in [1.54, 1.807) is 24.3 Å². The Kier molecular flexibility index (Phi) is 4.53. The number of nitrogens with one attached hydrogen (secondary N) is 2. The molecule has 2 aromatic rings. The summed E-state index contributed by atoms with van der Waals surface area (Å²) in [6.45, 7) is 0.438. The fraction of sp³-hybridized carbons (Fsp3) is 0.133. The van der Waals surface area contributed by atoms with Gasteiger partial charge >= 0.3 is 6.03 Å². The first-order valence-corrected chi connectivity index (χ1v) is 6.06. The summed E-state index contributed by atoms with van der Waals surface area (Å²) in [5.41, 5.74) is 2.47. The maximum absolute atomic E-state index is 11.7. The fourth-order valence-electron chi connectivity index (χ4n) is 1.70. The molecule has 4 nitrogen and oxygen atoms in total. The third-order valence-electron chi connectivity index (χ3n) is 2.66. The highest BCUT2D eigenvalue weighted by Crippen LogP contribution is 2.10. The zero-order valence-corrected chi connectivity index (χ0v) is 10.5. The van der Waals surface area contributed by atoms with Crippen molar-refractivity contribution in [3.05, 3.63) is 65.7 Å². The predicted octanol–water partition coefficient (Wildman–Crippen LogP) is 2.50. The van der Waals surface area contributed by atoms with Crippen molar-refractivity contribution in [2.75, 3.05) is 5.32 Å². The summed E-state index contributed by atoms with van der Waals surface area (Å²) >= 11 is 0. The van der Waals surface area contributed by atoms with Crippen molar-refractivity contribution in [3.63, 3.8) is 0 Å². The van der Waals surface area contributed by atoms with Crippen LogP contribution in [0.4, 0.5) is 10.5 Å². The van der Waals surface area contributed by atoms with Gasteiger partial charge in [-0.1, -0.05) is 42.5 Å². The van der Waals surface area contributed by atoms with Crippen LogP contribution < -0.4 is 10.6 Å². The number of carbonyl (C=O) groups excluding carboxylic acids is 1. The minimum atomic E-state index is -0.265. The van der Waals surface area contributed by atoms with Gasteiger partial charge < -0.3 is 15.7 Å². The summed E-state index contributed by atoms with van der Waals surface area (Å²) in [6, 6.07) is 16.5. The smallest absolute Gasteiger partial charge is 0.319 e. The number of urea groups is 1. The fourth-order valence-corrected chi connectivity index (χ4v) is 1.70. The molecule has 0 aromatic heterocycles. The van der Waals surface area contributed by atoms with Crippen LogP contribution in [0.3, 0.4) is 0 Å². The molecule has 0 aliphatic rings. The lowest BCUT2D eigenvalue weighted by molar-refractivity contribution is 0.251. The zero-order valence-electron chi connectivity index (χ0n) is 10.5. The van der Waals surface area contributed by atoms with Crippen LogP contribution in [0.2, 0.25) is 0 Å². The Morgan fingerprint density at radius 3 is 2.47 bits per heavy atom. The molecule has 0 heterocycles. The molecule has 0 spiro atoms. The Hall–Kier alpha value is -2.33. The van der Waals surface area contributed by atoms with E-state index in [1.165, 1.54) is 0 Å². The highest BCUT2D eigenvalue weighted by molar-refractivity contribution is 5.89. The SMILES string of the molecule is O=C(NCc1ccccc1)Nc1cccc(CO)c1. The minimum absolute atomic E-state index is 0.0405. The Balaban J connectivity index is 1.87. The molecule has 0 atom stereocenters. The molecule has 0 unspecified atom stereocenters. The van der Waals surface area contributed by atoms with E-state index in [9.17, 15) is 4.79 Å². The zero-order chi connectivity index (χ0) is 13.5. The monoisotopic (exact) mass is 256 g/mol. The van der Waals surface area contributed by atoms with Gasteiger partial charge in [-0.05, 0) is 23.3 Å². The van der Waals surface area contributed by atoms with E-state index < -0.39 is 0 Å². The third kappa shape index (κ3) is 4.12. The average molecular weight is 256 g/mol. The van der Waals surface area contributed by atoms with Crippen molar-refractivity contribution in [1.29, 1.82) is 0 Å². The summed E-state index contributed by atoms with van der Waals surface area (Å²) in [5.74, 6) is 0. The Bertz CT molecular complexity index is 541. The van der Waals surface area contributed by atoms with Crippen LogP contribution in [0.15, 0.2) is 54.6 Å². The quantitative estimate of drug-likeness (QED) is 0.787. The van der Waals surface area contributed by atoms with Gasteiger partial charge in [-0.3, -0.25) is 0 Å². The van der Waals surface area contributed by atoms with Crippen LogP contribution in [-0.4, -0.2) is 11.1 Å². The summed E-state index contributed by atoms with van der Waals surface area (Å²) in [5, 5.41) is 14.5. The normalized spacial score (nSPS) is 9.95. The molecule has 0 bridgehead atoms. The van der Waals surface area contributed by atoms with Crippen molar-refractivity contribution in [2.45, 2.75) is 13.2 Å². The summed E-state index contributed by atoms with van der Waals surface area (Å²) in [4.78, 5) is 11.7. The van der Waals surface area contributed by atoms with Crippen molar-refractivity contribution >= 4 is 11.7 Å². The van der Waals surface area contributed by atoms with Crippen molar-refractivity contribution in [2.24, 2.45) is 0 Å². The van der Waals surface area contributed by atoms with E-state index in [0.717, 1.165) is 11.1 Å². The van der Waals surface area contributed by atoms with E-state index in [-0.39, 0.29) is 12.6 Å². The molecule has 98 valence electrons. The highest BCUT2D eigenvalue weighted by Gasteiger charge is 2.02. The van der Waals surface area contributed by atoms with Gasteiger partial charge in [0.05, 0.1) is 6.61 Å². The molecule has 0 aliphatic carbocycles. The van der Waals surface area contributed by atoms with Gasteiger partial charge in [0, 0.05) is 12.2 Å². The number of anilines is 1. The van der Waals surface area contributed by atoms with Crippen LogP contribution in [0.1, 0.15) is 11.1 Å². The van der Waals surface area contributed by atoms with Crippen LogP contribution in [-0.2, 0) is 13.2 Å².